The number of unbranched alkanes of at least 4 members (excludes halogenated alkanes) is 1. The lowest BCUT2D eigenvalue weighted by atomic mass is 10.1. The van der Waals surface area contributed by atoms with E-state index >= 15 is 0 Å². The Bertz CT molecular complexity index is 153. The first kappa shape index (κ1) is 10.8. The Morgan fingerprint density at radius 1 is 1.31 bits per heavy atom. The molecule has 0 saturated carbocycles. The molecule has 0 radical (unpaired) electrons. The topological polar surface area (TPSA) is 15.3 Å². The minimum atomic E-state index is 0.966. The lowest BCUT2D eigenvalue weighted by Gasteiger charge is -2.29. The molecular weight excluding hydrogens is 180 g/mol. The number of hydrogen-bond acceptors (Lipinski definition) is 1. The number of piperidine rings is 1. The van der Waals surface area contributed by atoms with E-state index in [4.69, 9.17) is 12.2 Å². The molecule has 1 fully saturated rings. The van der Waals surface area contributed by atoms with Crippen LogP contribution in [0, 0.1) is 0 Å². The fraction of sp³-hybridized carbons (Fsp3) is 0.900. The fourth-order valence-electron chi connectivity index (χ4n) is 1.58. The molecule has 1 rings (SSSR count). The highest BCUT2D eigenvalue weighted by Gasteiger charge is 2.11. The maximum atomic E-state index is 5.30. The van der Waals surface area contributed by atoms with Gasteiger partial charge in [-0.1, -0.05) is 13.3 Å². The van der Waals surface area contributed by atoms with E-state index in [0.717, 1.165) is 24.7 Å². The molecule has 1 aliphatic rings. The van der Waals surface area contributed by atoms with E-state index in [1.54, 1.807) is 0 Å². The van der Waals surface area contributed by atoms with Gasteiger partial charge in [-0.25, -0.2) is 0 Å². The van der Waals surface area contributed by atoms with Gasteiger partial charge in [-0.3, -0.25) is 0 Å². The van der Waals surface area contributed by atoms with Crippen LogP contribution in [-0.2, 0) is 0 Å². The molecule has 13 heavy (non-hydrogen) atoms. The van der Waals surface area contributed by atoms with Gasteiger partial charge in [0.15, 0.2) is 5.11 Å². The summed E-state index contributed by atoms with van der Waals surface area (Å²) < 4.78 is 0. The number of likely N-dealkylation sites (tertiary alicyclic amines) is 1. The number of thiocarbonyl (C=S) groups is 1. The van der Waals surface area contributed by atoms with E-state index in [1.165, 1.54) is 32.1 Å². The van der Waals surface area contributed by atoms with Gasteiger partial charge in [0.25, 0.3) is 0 Å². The van der Waals surface area contributed by atoms with Crippen molar-refractivity contribution in [1.29, 1.82) is 0 Å². The van der Waals surface area contributed by atoms with Crippen molar-refractivity contribution in [3.05, 3.63) is 0 Å². The third kappa shape index (κ3) is 3.94. The Morgan fingerprint density at radius 3 is 2.62 bits per heavy atom. The predicted octanol–water partition coefficient (Wildman–Crippen LogP) is 2.15. The van der Waals surface area contributed by atoms with Gasteiger partial charge >= 0.3 is 0 Å². The van der Waals surface area contributed by atoms with E-state index in [2.05, 4.69) is 17.1 Å². The summed E-state index contributed by atoms with van der Waals surface area (Å²) in [6.07, 6.45) is 6.42. The van der Waals surface area contributed by atoms with Crippen LogP contribution in [0.1, 0.15) is 39.0 Å². The van der Waals surface area contributed by atoms with Gasteiger partial charge in [-0.05, 0) is 37.9 Å². The summed E-state index contributed by atoms with van der Waals surface area (Å²) in [5.41, 5.74) is 0. The van der Waals surface area contributed by atoms with Gasteiger partial charge in [0, 0.05) is 19.6 Å². The second-order valence-corrected chi connectivity index (χ2v) is 4.02. The van der Waals surface area contributed by atoms with Crippen molar-refractivity contribution in [3.8, 4) is 0 Å². The van der Waals surface area contributed by atoms with Crippen molar-refractivity contribution < 1.29 is 0 Å². The molecule has 3 heteroatoms. The van der Waals surface area contributed by atoms with Crippen molar-refractivity contribution in [3.63, 3.8) is 0 Å². The highest BCUT2D eigenvalue weighted by Crippen LogP contribution is 2.08. The van der Waals surface area contributed by atoms with Crippen molar-refractivity contribution >= 4 is 17.3 Å². The molecule has 0 aromatic rings. The molecule has 2 nitrogen and oxygen atoms in total. The van der Waals surface area contributed by atoms with Crippen LogP contribution in [-0.4, -0.2) is 29.6 Å². The van der Waals surface area contributed by atoms with Crippen molar-refractivity contribution in [1.82, 2.24) is 10.2 Å². The van der Waals surface area contributed by atoms with Crippen molar-refractivity contribution in [2.24, 2.45) is 0 Å². The number of rotatable bonds is 3. The zero-order valence-corrected chi connectivity index (χ0v) is 9.33. The minimum Gasteiger partial charge on any atom is -0.363 e. The average molecular weight is 200 g/mol. The second-order valence-electron chi connectivity index (χ2n) is 3.63. The zero-order chi connectivity index (χ0) is 9.52. The summed E-state index contributed by atoms with van der Waals surface area (Å²) in [4.78, 5) is 2.30. The summed E-state index contributed by atoms with van der Waals surface area (Å²) in [7, 11) is 0. The normalized spacial score (nSPS) is 17.2. The molecule has 1 heterocycles. The number of hydrogen-bond donors (Lipinski definition) is 1. The predicted molar refractivity (Wildman–Crippen MR) is 60.9 cm³/mol. The molecule has 0 aromatic carbocycles. The SMILES string of the molecule is CCCCNC(=S)N1CCCCC1. The first-order chi connectivity index (χ1) is 6.34. The lowest BCUT2D eigenvalue weighted by molar-refractivity contribution is 0.338. The van der Waals surface area contributed by atoms with Crippen LogP contribution in [0.25, 0.3) is 0 Å². The molecule has 0 amide bonds. The average Bonchev–Trinajstić information content (AvgIpc) is 2.19. The van der Waals surface area contributed by atoms with Gasteiger partial charge in [0.1, 0.15) is 0 Å². The van der Waals surface area contributed by atoms with Gasteiger partial charge in [-0.15, -0.1) is 0 Å². The van der Waals surface area contributed by atoms with Crippen LogP contribution in [0.4, 0.5) is 0 Å². The first-order valence-electron chi connectivity index (χ1n) is 5.37. The quantitative estimate of drug-likeness (QED) is 0.555. The van der Waals surface area contributed by atoms with Gasteiger partial charge < -0.3 is 10.2 Å². The first-order valence-corrected chi connectivity index (χ1v) is 5.78. The molecule has 1 saturated heterocycles. The molecule has 0 unspecified atom stereocenters. The minimum absolute atomic E-state index is 0.966. The Balaban J connectivity index is 2.13. The van der Waals surface area contributed by atoms with Gasteiger partial charge in [0.2, 0.25) is 0 Å². The molecule has 1 N–H and O–H groups in total. The Hall–Kier alpha value is -0.310. The largest absolute Gasteiger partial charge is 0.363 e. The van der Waals surface area contributed by atoms with E-state index in [-0.39, 0.29) is 0 Å². The molecule has 0 atom stereocenters. The Kier molecular flexibility index (Phi) is 5.13. The van der Waals surface area contributed by atoms with Crippen LogP contribution in [0.3, 0.4) is 0 Å². The molecular formula is C10H20N2S. The van der Waals surface area contributed by atoms with E-state index in [0.29, 0.717) is 0 Å². The molecule has 0 aliphatic carbocycles. The van der Waals surface area contributed by atoms with E-state index in [9.17, 15) is 0 Å². The van der Waals surface area contributed by atoms with Crippen molar-refractivity contribution in [2.75, 3.05) is 19.6 Å². The van der Waals surface area contributed by atoms with Gasteiger partial charge in [0.05, 0.1) is 0 Å². The highest BCUT2D eigenvalue weighted by atomic mass is 32.1. The van der Waals surface area contributed by atoms with Crippen molar-refractivity contribution in [2.45, 2.75) is 39.0 Å². The lowest BCUT2D eigenvalue weighted by Crippen LogP contribution is -2.42. The Labute approximate surface area is 86.7 Å². The number of nitrogens with zero attached hydrogens (tertiary/aromatic N) is 1. The Morgan fingerprint density at radius 2 is 2.00 bits per heavy atom. The summed E-state index contributed by atoms with van der Waals surface area (Å²) in [6.45, 7) is 5.54. The zero-order valence-electron chi connectivity index (χ0n) is 8.51. The third-order valence-corrected chi connectivity index (χ3v) is 2.85. The molecule has 0 spiro atoms. The molecule has 0 bridgehead atoms. The smallest absolute Gasteiger partial charge is 0.168 e. The van der Waals surface area contributed by atoms with Crippen LogP contribution in [0.15, 0.2) is 0 Å². The maximum Gasteiger partial charge on any atom is 0.168 e. The van der Waals surface area contributed by atoms with Crippen LogP contribution in [0.2, 0.25) is 0 Å². The van der Waals surface area contributed by atoms with Gasteiger partial charge in [-0.2, -0.15) is 0 Å². The molecule has 1 aliphatic heterocycles. The summed E-state index contributed by atoms with van der Waals surface area (Å²) >= 11 is 5.30. The fourth-order valence-corrected chi connectivity index (χ4v) is 1.87. The van der Waals surface area contributed by atoms with Crippen LogP contribution in [0.5, 0.6) is 0 Å². The van der Waals surface area contributed by atoms with E-state index < -0.39 is 0 Å². The second kappa shape index (κ2) is 6.19. The van der Waals surface area contributed by atoms with Crippen LogP contribution >= 0.6 is 12.2 Å². The molecule has 0 aromatic heterocycles. The monoisotopic (exact) mass is 200 g/mol. The molecule has 76 valence electrons. The van der Waals surface area contributed by atoms with E-state index in [1.807, 2.05) is 0 Å². The standard InChI is InChI=1S/C10H20N2S/c1-2-3-7-11-10(13)12-8-5-4-6-9-12/h2-9H2,1H3,(H,11,13). The third-order valence-electron chi connectivity index (χ3n) is 2.45. The summed E-state index contributed by atoms with van der Waals surface area (Å²) in [5, 5.41) is 4.28. The maximum absolute atomic E-state index is 5.30. The summed E-state index contributed by atoms with van der Waals surface area (Å²) in [5.74, 6) is 0. The number of nitrogens with one attached hydrogen (secondary N) is 1. The van der Waals surface area contributed by atoms with Crippen LogP contribution < -0.4 is 5.32 Å². The summed E-state index contributed by atoms with van der Waals surface area (Å²) in [6, 6.07) is 0. The highest BCUT2D eigenvalue weighted by molar-refractivity contribution is 7.80.